The summed E-state index contributed by atoms with van der Waals surface area (Å²) in [6, 6.07) is 17.2. The first-order valence-corrected chi connectivity index (χ1v) is 8.85. The number of carbonyl (C=O) groups is 2. The zero-order valence-electron chi connectivity index (χ0n) is 13.5. The number of amides is 2. The van der Waals surface area contributed by atoms with Crippen LogP contribution in [0.1, 0.15) is 12.0 Å². The number of anilines is 1. The molecule has 0 atom stereocenters. The highest BCUT2D eigenvalue weighted by Gasteiger charge is 2.03. The minimum atomic E-state index is -0.212. The van der Waals surface area contributed by atoms with Crippen LogP contribution in [-0.4, -0.2) is 24.6 Å². The third-order valence-corrected chi connectivity index (χ3v) is 4.00. The molecule has 0 saturated carbocycles. The number of benzene rings is 2. The highest BCUT2D eigenvalue weighted by molar-refractivity contribution is 7.98. The number of nitrogens with one attached hydrogen (secondary N) is 2. The standard InChI is InChI=1S/C19H20N2O2S/c1-24-17-10-8-16(9-11-17)21-19(23)13-14-20-18(22)12-7-15-5-3-2-4-6-15/h2-12H,13-14H2,1H3,(H,20,22)(H,21,23). The molecule has 0 aliphatic heterocycles. The molecule has 2 aromatic carbocycles. The second-order valence-electron chi connectivity index (χ2n) is 5.06. The highest BCUT2D eigenvalue weighted by Crippen LogP contribution is 2.17. The van der Waals surface area contributed by atoms with Crippen LogP contribution in [0.2, 0.25) is 0 Å². The number of hydrogen-bond acceptors (Lipinski definition) is 3. The van der Waals surface area contributed by atoms with Crippen molar-refractivity contribution in [3.63, 3.8) is 0 Å². The monoisotopic (exact) mass is 340 g/mol. The highest BCUT2D eigenvalue weighted by atomic mass is 32.2. The molecule has 0 saturated heterocycles. The topological polar surface area (TPSA) is 58.2 Å². The van der Waals surface area contributed by atoms with Crippen molar-refractivity contribution in [2.45, 2.75) is 11.3 Å². The Morgan fingerprint density at radius 1 is 1.04 bits per heavy atom. The van der Waals surface area contributed by atoms with Crippen molar-refractivity contribution in [3.05, 3.63) is 66.2 Å². The maximum atomic E-state index is 11.8. The molecule has 5 heteroatoms. The Bertz CT molecular complexity index is 697. The lowest BCUT2D eigenvalue weighted by Crippen LogP contribution is -2.26. The first-order valence-electron chi connectivity index (χ1n) is 7.62. The first-order chi connectivity index (χ1) is 11.7. The van der Waals surface area contributed by atoms with Gasteiger partial charge in [0, 0.05) is 29.6 Å². The van der Waals surface area contributed by atoms with E-state index >= 15 is 0 Å². The molecule has 2 aromatic rings. The Morgan fingerprint density at radius 3 is 2.42 bits per heavy atom. The fourth-order valence-corrected chi connectivity index (χ4v) is 2.40. The average Bonchev–Trinajstić information content (AvgIpc) is 2.61. The van der Waals surface area contributed by atoms with E-state index in [0.29, 0.717) is 6.54 Å². The molecule has 0 spiro atoms. The molecule has 24 heavy (non-hydrogen) atoms. The van der Waals surface area contributed by atoms with Gasteiger partial charge in [-0.1, -0.05) is 30.3 Å². The van der Waals surface area contributed by atoms with Gasteiger partial charge >= 0.3 is 0 Å². The van der Waals surface area contributed by atoms with Crippen molar-refractivity contribution in [2.24, 2.45) is 0 Å². The summed E-state index contributed by atoms with van der Waals surface area (Å²) >= 11 is 1.65. The van der Waals surface area contributed by atoms with Crippen LogP contribution in [0.3, 0.4) is 0 Å². The van der Waals surface area contributed by atoms with E-state index in [2.05, 4.69) is 10.6 Å². The van der Waals surface area contributed by atoms with Gasteiger partial charge in [-0.15, -0.1) is 11.8 Å². The zero-order chi connectivity index (χ0) is 17.2. The van der Waals surface area contributed by atoms with Gasteiger partial charge in [0.2, 0.25) is 11.8 Å². The van der Waals surface area contributed by atoms with E-state index in [9.17, 15) is 9.59 Å². The molecule has 0 heterocycles. The average molecular weight is 340 g/mol. The maximum absolute atomic E-state index is 11.8. The lowest BCUT2D eigenvalue weighted by Gasteiger charge is -2.06. The van der Waals surface area contributed by atoms with Gasteiger partial charge < -0.3 is 10.6 Å². The third kappa shape index (κ3) is 6.30. The third-order valence-electron chi connectivity index (χ3n) is 3.25. The van der Waals surface area contributed by atoms with Gasteiger partial charge in [0.1, 0.15) is 0 Å². The van der Waals surface area contributed by atoms with Crippen LogP contribution in [-0.2, 0) is 9.59 Å². The van der Waals surface area contributed by atoms with Crippen LogP contribution in [0.25, 0.3) is 6.08 Å². The van der Waals surface area contributed by atoms with Crippen molar-refractivity contribution in [1.82, 2.24) is 5.32 Å². The van der Waals surface area contributed by atoms with Crippen LogP contribution in [0.4, 0.5) is 5.69 Å². The summed E-state index contributed by atoms with van der Waals surface area (Å²) in [7, 11) is 0. The van der Waals surface area contributed by atoms with Gasteiger partial charge in [0.05, 0.1) is 0 Å². The predicted octanol–water partition coefficient (Wildman–Crippen LogP) is 3.57. The minimum Gasteiger partial charge on any atom is -0.352 e. The summed E-state index contributed by atoms with van der Waals surface area (Å²) in [6.07, 6.45) is 5.44. The summed E-state index contributed by atoms with van der Waals surface area (Å²) < 4.78 is 0. The normalized spacial score (nSPS) is 10.5. The molecule has 124 valence electrons. The molecule has 0 aromatic heterocycles. The van der Waals surface area contributed by atoms with Gasteiger partial charge in [0.25, 0.3) is 0 Å². The van der Waals surface area contributed by atoms with Crippen molar-refractivity contribution in [3.8, 4) is 0 Å². The molecule has 2 N–H and O–H groups in total. The Morgan fingerprint density at radius 2 is 1.75 bits per heavy atom. The van der Waals surface area contributed by atoms with Crippen LogP contribution >= 0.6 is 11.8 Å². The van der Waals surface area contributed by atoms with Crippen molar-refractivity contribution < 1.29 is 9.59 Å². The molecule has 2 rings (SSSR count). The predicted molar refractivity (Wildman–Crippen MR) is 100.0 cm³/mol. The molecule has 0 bridgehead atoms. The zero-order valence-corrected chi connectivity index (χ0v) is 14.3. The van der Waals surface area contributed by atoms with Gasteiger partial charge in [-0.2, -0.15) is 0 Å². The number of thioether (sulfide) groups is 1. The van der Waals surface area contributed by atoms with Gasteiger partial charge in [0.15, 0.2) is 0 Å². The van der Waals surface area contributed by atoms with Gasteiger partial charge in [-0.3, -0.25) is 9.59 Å². The fourth-order valence-electron chi connectivity index (χ4n) is 1.99. The van der Waals surface area contributed by atoms with Gasteiger partial charge in [-0.05, 0) is 42.2 Å². The summed E-state index contributed by atoms with van der Waals surface area (Å²) in [6.45, 7) is 0.298. The van der Waals surface area contributed by atoms with Crippen molar-refractivity contribution >= 4 is 35.3 Å². The number of hydrogen-bond donors (Lipinski definition) is 2. The lowest BCUT2D eigenvalue weighted by atomic mass is 10.2. The molecule has 0 aliphatic rings. The van der Waals surface area contributed by atoms with Crippen molar-refractivity contribution in [1.29, 1.82) is 0 Å². The molecule has 0 radical (unpaired) electrons. The number of carbonyl (C=O) groups excluding carboxylic acids is 2. The largest absolute Gasteiger partial charge is 0.352 e. The molecule has 0 fully saturated rings. The van der Waals surface area contributed by atoms with Crippen LogP contribution in [0, 0.1) is 0 Å². The molecule has 4 nitrogen and oxygen atoms in total. The number of rotatable bonds is 7. The summed E-state index contributed by atoms with van der Waals surface area (Å²) in [5.41, 5.74) is 1.71. The van der Waals surface area contributed by atoms with E-state index in [4.69, 9.17) is 0 Å². The summed E-state index contributed by atoms with van der Waals surface area (Å²) in [5, 5.41) is 5.51. The second-order valence-corrected chi connectivity index (χ2v) is 5.94. The van der Waals surface area contributed by atoms with Gasteiger partial charge in [-0.25, -0.2) is 0 Å². The minimum absolute atomic E-state index is 0.126. The fraction of sp³-hybridized carbons (Fsp3) is 0.158. The van der Waals surface area contributed by atoms with E-state index in [0.717, 1.165) is 16.1 Å². The Kier molecular flexibility index (Phi) is 7.11. The molecule has 0 aliphatic carbocycles. The molecule has 2 amide bonds. The SMILES string of the molecule is CSc1ccc(NC(=O)CCNC(=O)C=Cc2ccccc2)cc1. The van der Waals surface area contributed by atoms with E-state index in [1.807, 2.05) is 60.9 Å². The maximum Gasteiger partial charge on any atom is 0.244 e. The molecular formula is C19H20N2O2S. The van der Waals surface area contributed by atoms with E-state index < -0.39 is 0 Å². The molecular weight excluding hydrogens is 320 g/mol. The van der Waals surface area contributed by atoms with Crippen molar-refractivity contribution in [2.75, 3.05) is 18.1 Å². The summed E-state index contributed by atoms with van der Waals surface area (Å²) in [5.74, 6) is -0.338. The molecule has 0 unspecified atom stereocenters. The van der Waals surface area contributed by atoms with Crippen LogP contribution < -0.4 is 10.6 Å². The Balaban J connectivity index is 1.70. The Labute approximate surface area is 146 Å². The van der Waals surface area contributed by atoms with E-state index in [1.165, 1.54) is 6.08 Å². The lowest BCUT2D eigenvalue weighted by molar-refractivity contribution is -0.117. The van der Waals surface area contributed by atoms with Crippen LogP contribution in [0.15, 0.2) is 65.6 Å². The summed E-state index contributed by atoms with van der Waals surface area (Å²) in [4.78, 5) is 24.7. The quantitative estimate of drug-likeness (QED) is 0.598. The Hall–Kier alpha value is -2.53. The van der Waals surface area contributed by atoms with E-state index in [1.54, 1.807) is 17.8 Å². The van der Waals surface area contributed by atoms with Crippen LogP contribution in [0.5, 0.6) is 0 Å². The smallest absolute Gasteiger partial charge is 0.244 e. The first kappa shape index (κ1) is 17.8. The second kappa shape index (κ2) is 9.57. The van der Waals surface area contributed by atoms with E-state index in [-0.39, 0.29) is 18.2 Å².